The van der Waals surface area contributed by atoms with Gasteiger partial charge in [-0.05, 0) is 30.7 Å². The predicted molar refractivity (Wildman–Crippen MR) is 104 cm³/mol. The monoisotopic (exact) mass is 380 g/mol. The predicted octanol–water partition coefficient (Wildman–Crippen LogP) is 4.12. The fraction of sp³-hybridized carbons (Fsp3) is 0.136. The van der Waals surface area contributed by atoms with Gasteiger partial charge in [0.2, 0.25) is 0 Å². The zero-order valence-corrected chi connectivity index (χ0v) is 15.8. The molecule has 27 heavy (non-hydrogen) atoms. The number of benzene rings is 3. The molecular formula is C22H20O4S. The molecular weight excluding hydrogens is 360 g/mol. The first-order valence-corrected chi connectivity index (χ1v) is 9.99. The number of Topliss-reactive ketones (excluding diaryl/α,β-unsaturated/α-hetero) is 1. The van der Waals surface area contributed by atoms with Crippen LogP contribution >= 0.6 is 0 Å². The van der Waals surface area contributed by atoms with Gasteiger partial charge in [-0.1, -0.05) is 66.2 Å². The van der Waals surface area contributed by atoms with Crippen molar-refractivity contribution in [2.45, 2.75) is 24.7 Å². The summed E-state index contributed by atoms with van der Waals surface area (Å²) in [5.41, 5.74) is 2.43. The Morgan fingerprint density at radius 1 is 0.815 bits per heavy atom. The Bertz CT molecular complexity index is 1020. The maximum absolute atomic E-state index is 12.5. The van der Waals surface area contributed by atoms with Crippen LogP contribution < -0.4 is 4.18 Å². The van der Waals surface area contributed by atoms with Crippen molar-refractivity contribution in [2.24, 2.45) is 0 Å². The van der Waals surface area contributed by atoms with Crippen LogP contribution in [0.25, 0.3) is 0 Å². The minimum Gasteiger partial charge on any atom is -0.379 e. The Morgan fingerprint density at radius 2 is 1.44 bits per heavy atom. The van der Waals surface area contributed by atoms with Gasteiger partial charge in [-0.3, -0.25) is 4.79 Å². The minimum atomic E-state index is -3.96. The van der Waals surface area contributed by atoms with Crippen molar-refractivity contribution in [3.63, 3.8) is 0 Å². The van der Waals surface area contributed by atoms with E-state index in [-0.39, 0.29) is 22.8 Å². The van der Waals surface area contributed by atoms with E-state index >= 15 is 0 Å². The highest BCUT2D eigenvalue weighted by Gasteiger charge is 2.19. The fourth-order valence-corrected chi connectivity index (χ4v) is 3.67. The third-order valence-electron chi connectivity index (χ3n) is 4.11. The zero-order valence-electron chi connectivity index (χ0n) is 15.0. The van der Waals surface area contributed by atoms with E-state index in [1.807, 2.05) is 37.3 Å². The highest BCUT2D eigenvalue weighted by atomic mass is 32.2. The van der Waals surface area contributed by atoms with Crippen molar-refractivity contribution in [3.8, 4) is 5.75 Å². The molecule has 0 atom stereocenters. The molecule has 5 heteroatoms. The Hall–Kier alpha value is -2.92. The van der Waals surface area contributed by atoms with Crippen LogP contribution in [0.2, 0.25) is 0 Å². The second-order valence-electron chi connectivity index (χ2n) is 6.34. The van der Waals surface area contributed by atoms with Gasteiger partial charge in [0.05, 0.1) is 0 Å². The highest BCUT2D eigenvalue weighted by molar-refractivity contribution is 7.87. The third kappa shape index (κ3) is 5.05. The molecule has 0 fully saturated rings. The van der Waals surface area contributed by atoms with Crippen molar-refractivity contribution >= 4 is 15.9 Å². The largest absolute Gasteiger partial charge is 0.379 e. The summed E-state index contributed by atoms with van der Waals surface area (Å²) in [6, 6.07) is 22.6. The van der Waals surface area contributed by atoms with Gasteiger partial charge >= 0.3 is 10.1 Å². The van der Waals surface area contributed by atoms with Crippen LogP contribution in [-0.4, -0.2) is 14.2 Å². The van der Waals surface area contributed by atoms with Gasteiger partial charge in [0.1, 0.15) is 16.4 Å². The maximum Gasteiger partial charge on any atom is 0.339 e. The molecule has 0 saturated carbocycles. The molecule has 0 aliphatic heterocycles. The lowest BCUT2D eigenvalue weighted by Crippen LogP contribution is -2.13. The molecule has 138 valence electrons. The second-order valence-corrected chi connectivity index (χ2v) is 7.88. The lowest BCUT2D eigenvalue weighted by Gasteiger charge is -2.11. The number of para-hydroxylation sites is 1. The van der Waals surface area contributed by atoms with E-state index in [9.17, 15) is 13.2 Å². The van der Waals surface area contributed by atoms with Crippen LogP contribution in [0.15, 0.2) is 83.8 Å². The van der Waals surface area contributed by atoms with Gasteiger partial charge in [-0.2, -0.15) is 8.42 Å². The van der Waals surface area contributed by atoms with E-state index in [0.717, 1.165) is 11.1 Å². The SMILES string of the molecule is Cc1ccc(S(=O)(=O)Oc2ccccc2CC(=O)Cc2ccccc2)cc1. The average molecular weight is 380 g/mol. The van der Waals surface area contributed by atoms with E-state index < -0.39 is 10.1 Å². The Balaban J connectivity index is 1.77. The summed E-state index contributed by atoms with van der Waals surface area (Å²) in [6.07, 6.45) is 0.397. The molecule has 0 amide bonds. The standard InChI is InChI=1S/C22H20O4S/c1-17-11-13-21(14-12-17)27(24,25)26-22-10-6-5-9-19(22)16-20(23)15-18-7-3-2-4-8-18/h2-14H,15-16H2,1H3. The molecule has 3 aromatic rings. The number of aryl methyl sites for hydroxylation is 1. The number of ketones is 1. The fourth-order valence-electron chi connectivity index (χ4n) is 2.70. The first kappa shape index (κ1) is 18.9. The van der Waals surface area contributed by atoms with Crippen LogP contribution in [0.5, 0.6) is 5.75 Å². The Kier molecular flexibility index (Phi) is 5.72. The van der Waals surface area contributed by atoms with Gasteiger partial charge in [-0.15, -0.1) is 0 Å². The number of rotatable bonds is 7. The van der Waals surface area contributed by atoms with E-state index in [2.05, 4.69) is 0 Å². The topological polar surface area (TPSA) is 60.4 Å². The molecule has 0 bridgehead atoms. The Labute approximate surface area is 159 Å². The molecule has 3 rings (SSSR count). The Morgan fingerprint density at radius 3 is 2.15 bits per heavy atom. The van der Waals surface area contributed by atoms with Crippen molar-refractivity contribution < 1.29 is 17.4 Å². The molecule has 4 nitrogen and oxygen atoms in total. The number of hydrogen-bond acceptors (Lipinski definition) is 4. The molecule has 0 spiro atoms. The molecule has 3 aromatic carbocycles. The summed E-state index contributed by atoms with van der Waals surface area (Å²) in [4.78, 5) is 12.5. The van der Waals surface area contributed by atoms with Gasteiger partial charge in [0.25, 0.3) is 0 Å². The number of carbonyl (C=O) groups is 1. The van der Waals surface area contributed by atoms with E-state index in [4.69, 9.17) is 4.18 Å². The molecule has 0 heterocycles. The maximum atomic E-state index is 12.5. The lowest BCUT2D eigenvalue weighted by atomic mass is 10.0. The molecule has 0 radical (unpaired) electrons. The smallest absolute Gasteiger partial charge is 0.339 e. The molecule has 0 unspecified atom stereocenters. The van der Waals surface area contributed by atoms with Gasteiger partial charge < -0.3 is 4.18 Å². The normalized spacial score (nSPS) is 11.1. The molecule has 0 aromatic heterocycles. The van der Waals surface area contributed by atoms with Crippen LogP contribution in [-0.2, 0) is 27.8 Å². The summed E-state index contributed by atoms with van der Waals surface area (Å²) < 4.78 is 30.4. The van der Waals surface area contributed by atoms with Crippen molar-refractivity contribution in [1.29, 1.82) is 0 Å². The summed E-state index contributed by atoms with van der Waals surface area (Å²) in [6.45, 7) is 1.88. The van der Waals surface area contributed by atoms with Crippen molar-refractivity contribution in [1.82, 2.24) is 0 Å². The van der Waals surface area contributed by atoms with E-state index in [0.29, 0.717) is 12.0 Å². The van der Waals surface area contributed by atoms with Crippen LogP contribution in [0.1, 0.15) is 16.7 Å². The van der Waals surface area contributed by atoms with Crippen LogP contribution in [0, 0.1) is 6.92 Å². The summed E-state index contributed by atoms with van der Waals surface area (Å²) in [7, 11) is -3.96. The van der Waals surface area contributed by atoms with Gasteiger partial charge in [0, 0.05) is 18.4 Å². The molecule has 0 saturated heterocycles. The number of carbonyl (C=O) groups excluding carboxylic acids is 1. The number of hydrogen-bond donors (Lipinski definition) is 0. The van der Waals surface area contributed by atoms with Crippen molar-refractivity contribution in [2.75, 3.05) is 0 Å². The highest BCUT2D eigenvalue weighted by Crippen LogP contribution is 2.24. The first-order valence-electron chi connectivity index (χ1n) is 8.59. The van der Waals surface area contributed by atoms with Crippen molar-refractivity contribution in [3.05, 3.63) is 95.6 Å². The van der Waals surface area contributed by atoms with Gasteiger partial charge in [-0.25, -0.2) is 0 Å². The van der Waals surface area contributed by atoms with E-state index in [1.54, 1.807) is 36.4 Å². The lowest BCUT2D eigenvalue weighted by molar-refractivity contribution is -0.117. The van der Waals surface area contributed by atoms with Gasteiger partial charge in [0.15, 0.2) is 0 Å². The molecule has 0 aliphatic carbocycles. The van der Waals surface area contributed by atoms with Crippen LogP contribution in [0.4, 0.5) is 0 Å². The summed E-state index contributed by atoms with van der Waals surface area (Å²) in [5, 5.41) is 0. The third-order valence-corrected chi connectivity index (χ3v) is 5.36. The second kappa shape index (κ2) is 8.18. The average Bonchev–Trinajstić information content (AvgIpc) is 2.64. The zero-order chi connectivity index (χ0) is 19.3. The van der Waals surface area contributed by atoms with Crippen LogP contribution in [0.3, 0.4) is 0 Å². The minimum absolute atomic E-state index is 0.00927. The first-order chi connectivity index (χ1) is 12.9. The summed E-state index contributed by atoms with van der Waals surface area (Å²) >= 11 is 0. The van der Waals surface area contributed by atoms with E-state index in [1.165, 1.54) is 12.1 Å². The quantitative estimate of drug-likeness (QED) is 0.579. The molecule has 0 aliphatic rings. The molecule has 0 N–H and O–H groups in total. The summed E-state index contributed by atoms with van der Waals surface area (Å²) in [5.74, 6) is 0.171.